The number of rotatable bonds is 6. The van der Waals surface area contributed by atoms with Gasteiger partial charge in [-0.05, 0) is 38.4 Å². The van der Waals surface area contributed by atoms with E-state index >= 15 is 0 Å². The number of benzene rings is 1. The van der Waals surface area contributed by atoms with Gasteiger partial charge in [-0.2, -0.15) is 0 Å². The molecule has 0 atom stereocenters. The molecule has 0 spiro atoms. The number of halogens is 1. The van der Waals surface area contributed by atoms with Crippen LogP contribution in [0.2, 0.25) is 0 Å². The monoisotopic (exact) mass is 300 g/mol. The lowest BCUT2D eigenvalue weighted by Gasteiger charge is -2.11. The van der Waals surface area contributed by atoms with Crippen molar-refractivity contribution >= 4 is 21.8 Å². The summed E-state index contributed by atoms with van der Waals surface area (Å²) in [7, 11) is 3.93. The summed E-state index contributed by atoms with van der Waals surface area (Å²) in [5.74, 6) is 0.589. The fourth-order valence-corrected chi connectivity index (χ4v) is 1.41. The summed E-state index contributed by atoms with van der Waals surface area (Å²) >= 11 is 3.33. The van der Waals surface area contributed by atoms with Gasteiger partial charge in [0.1, 0.15) is 5.75 Å². The summed E-state index contributed by atoms with van der Waals surface area (Å²) in [5.41, 5.74) is 0. The Labute approximate surface area is 110 Å². The first-order valence-electron chi connectivity index (χ1n) is 5.38. The molecule has 0 fully saturated rings. The van der Waals surface area contributed by atoms with Crippen molar-refractivity contribution in [1.29, 1.82) is 0 Å². The number of ether oxygens (including phenoxy) is 1. The van der Waals surface area contributed by atoms with Gasteiger partial charge < -0.3 is 15.0 Å². The third-order valence-corrected chi connectivity index (χ3v) is 2.59. The average Bonchev–Trinajstić information content (AvgIpc) is 2.28. The fourth-order valence-electron chi connectivity index (χ4n) is 1.15. The van der Waals surface area contributed by atoms with E-state index in [2.05, 4.69) is 21.2 Å². The van der Waals surface area contributed by atoms with Crippen molar-refractivity contribution in [3.8, 4) is 5.75 Å². The van der Waals surface area contributed by atoms with Crippen molar-refractivity contribution in [2.45, 2.75) is 0 Å². The van der Waals surface area contributed by atoms with E-state index in [1.807, 2.05) is 43.3 Å². The lowest BCUT2D eigenvalue weighted by atomic mass is 10.3. The fraction of sp³-hybridized carbons (Fsp3) is 0.417. The smallest absolute Gasteiger partial charge is 0.257 e. The zero-order chi connectivity index (χ0) is 12.7. The molecular formula is C12H17BrN2O2. The van der Waals surface area contributed by atoms with Gasteiger partial charge >= 0.3 is 0 Å². The Morgan fingerprint density at radius 2 is 2.00 bits per heavy atom. The summed E-state index contributed by atoms with van der Waals surface area (Å²) in [5, 5.41) is 2.78. The first-order chi connectivity index (χ1) is 8.08. The third kappa shape index (κ3) is 6.28. The van der Waals surface area contributed by atoms with Crippen LogP contribution in [0.25, 0.3) is 0 Å². The molecule has 0 heterocycles. The number of carbonyl (C=O) groups is 1. The zero-order valence-electron chi connectivity index (χ0n) is 10.1. The Hall–Kier alpha value is -1.07. The maximum atomic E-state index is 11.4. The van der Waals surface area contributed by atoms with Crippen molar-refractivity contribution < 1.29 is 9.53 Å². The van der Waals surface area contributed by atoms with Crippen LogP contribution in [-0.4, -0.2) is 44.6 Å². The van der Waals surface area contributed by atoms with Gasteiger partial charge in [0.15, 0.2) is 6.61 Å². The molecule has 1 aromatic carbocycles. The number of hydrogen-bond acceptors (Lipinski definition) is 3. The first-order valence-corrected chi connectivity index (χ1v) is 6.17. The largest absolute Gasteiger partial charge is 0.484 e. The van der Waals surface area contributed by atoms with Crippen LogP contribution in [0.3, 0.4) is 0 Å². The standard InChI is InChI=1S/C12H17BrN2O2/c1-15(2)8-7-14-12(16)9-17-11-5-3-10(13)4-6-11/h3-6H,7-9H2,1-2H3,(H,14,16). The topological polar surface area (TPSA) is 41.6 Å². The number of carbonyl (C=O) groups excluding carboxylic acids is 1. The molecule has 0 radical (unpaired) electrons. The Morgan fingerprint density at radius 1 is 1.35 bits per heavy atom. The SMILES string of the molecule is CN(C)CCNC(=O)COc1ccc(Br)cc1. The second kappa shape index (κ2) is 7.29. The molecule has 94 valence electrons. The van der Waals surface area contributed by atoms with Crippen LogP contribution in [0, 0.1) is 0 Å². The third-order valence-electron chi connectivity index (χ3n) is 2.06. The number of amides is 1. The summed E-state index contributed by atoms with van der Waals surface area (Å²) in [6.45, 7) is 1.51. The normalized spacial score (nSPS) is 10.4. The van der Waals surface area contributed by atoms with Gasteiger partial charge in [-0.3, -0.25) is 4.79 Å². The Kier molecular flexibility index (Phi) is 6.00. The molecular weight excluding hydrogens is 284 g/mol. The molecule has 0 bridgehead atoms. The molecule has 1 N–H and O–H groups in total. The molecule has 5 heteroatoms. The molecule has 17 heavy (non-hydrogen) atoms. The van der Waals surface area contributed by atoms with Crippen LogP contribution in [0.4, 0.5) is 0 Å². The molecule has 0 aromatic heterocycles. The van der Waals surface area contributed by atoms with Crippen LogP contribution in [0.5, 0.6) is 5.75 Å². The molecule has 0 unspecified atom stereocenters. The molecule has 1 aromatic rings. The minimum absolute atomic E-state index is 0.0507. The maximum Gasteiger partial charge on any atom is 0.257 e. The van der Waals surface area contributed by atoms with Gasteiger partial charge in [0.25, 0.3) is 5.91 Å². The lowest BCUT2D eigenvalue weighted by molar-refractivity contribution is -0.123. The van der Waals surface area contributed by atoms with E-state index in [1.165, 1.54) is 0 Å². The van der Waals surface area contributed by atoms with Crippen LogP contribution in [0.1, 0.15) is 0 Å². The number of hydrogen-bond donors (Lipinski definition) is 1. The molecule has 1 rings (SSSR count). The second-order valence-corrected chi connectivity index (χ2v) is 4.81. The van der Waals surface area contributed by atoms with Gasteiger partial charge in [-0.15, -0.1) is 0 Å². The highest BCUT2D eigenvalue weighted by Gasteiger charge is 2.02. The van der Waals surface area contributed by atoms with Crippen molar-refractivity contribution in [1.82, 2.24) is 10.2 Å². The number of likely N-dealkylation sites (N-methyl/N-ethyl adjacent to an activating group) is 1. The van der Waals surface area contributed by atoms with E-state index in [4.69, 9.17) is 4.74 Å². The summed E-state index contributed by atoms with van der Waals surface area (Å²) < 4.78 is 6.32. The van der Waals surface area contributed by atoms with Crippen LogP contribution < -0.4 is 10.1 Å². The van der Waals surface area contributed by atoms with Gasteiger partial charge in [0, 0.05) is 17.6 Å². The predicted octanol–water partition coefficient (Wildman–Crippen LogP) is 1.51. The van der Waals surface area contributed by atoms with Crippen molar-refractivity contribution in [3.63, 3.8) is 0 Å². The van der Waals surface area contributed by atoms with Gasteiger partial charge in [-0.1, -0.05) is 15.9 Å². The predicted molar refractivity (Wildman–Crippen MR) is 71.2 cm³/mol. The van der Waals surface area contributed by atoms with E-state index < -0.39 is 0 Å². The summed E-state index contributed by atoms with van der Waals surface area (Å²) in [6.07, 6.45) is 0. The van der Waals surface area contributed by atoms with E-state index in [0.717, 1.165) is 11.0 Å². The first kappa shape index (κ1) is 14.0. The van der Waals surface area contributed by atoms with Gasteiger partial charge in [0.05, 0.1) is 0 Å². The zero-order valence-corrected chi connectivity index (χ0v) is 11.7. The molecule has 0 aliphatic carbocycles. The molecule has 0 aliphatic rings. The van der Waals surface area contributed by atoms with E-state index in [0.29, 0.717) is 12.3 Å². The molecule has 0 saturated carbocycles. The quantitative estimate of drug-likeness (QED) is 0.866. The highest BCUT2D eigenvalue weighted by molar-refractivity contribution is 9.10. The highest BCUT2D eigenvalue weighted by atomic mass is 79.9. The Bertz CT molecular complexity index is 352. The lowest BCUT2D eigenvalue weighted by Crippen LogP contribution is -2.34. The molecule has 0 saturated heterocycles. The maximum absolute atomic E-state index is 11.4. The van der Waals surface area contributed by atoms with E-state index in [9.17, 15) is 4.79 Å². The van der Waals surface area contributed by atoms with E-state index in [1.54, 1.807) is 0 Å². The molecule has 0 aliphatic heterocycles. The van der Waals surface area contributed by atoms with E-state index in [-0.39, 0.29) is 12.5 Å². The van der Waals surface area contributed by atoms with Crippen LogP contribution in [-0.2, 0) is 4.79 Å². The summed E-state index contributed by atoms with van der Waals surface area (Å²) in [4.78, 5) is 13.4. The second-order valence-electron chi connectivity index (χ2n) is 3.90. The van der Waals surface area contributed by atoms with Gasteiger partial charge in [0.2, 0.25) is 0 Å². The van der Waals surface area contributed by atoms with Crippen molar-refractivity contribution in [3.05, 3.63) is 28.7 Å². The van der Waals surface area contributed by atoms with Gasteiger partial charge in [-0.25, -0.2) is 0 Å². The van der Waals surface area contributed by atoms with Crippen LogP contribution >= 0.6 is 15.9 Å². The minimum atomic E-state index is -0.102. The minimum Gasteiger partial charge on any atom is -0.484 e. The average molecular weight is 301 g/mol. The van der Waals surface area contributed by atoms with Crippen molar-refractivity contribution in [2.24, 2.45) is 0 Å². The Morgan fingerprint density at radius 3 is 2.59 bits per heavy atom. The van der Waals surface area contributed by atoms with Crippen LogP contribution in [0.15, 0.2) is 28.7 Å². The summed E-state index contributed by atoms with van der Waals surface area (Å²) in [6, 6.07) is 7.38. The molecule has 1 amide bonds. The molecule has 4 nitrogen and oxygen atoms in total. The number of nitrogens with one attached hydrogen (secondary N) is 1. The van der Waals surface area contributed by atoms with Crippen molar-refractivity contribution in [2.75, 3.05) is 33.8 Å². The Balaban J connectivity index is 2.21. The number of nitrogens with zero attached hydrogens (tertiary/aromatic N) is 1. The highest BCUT2D eigenvalue weighted by Crippen LogP contribution is 2.15.